The number of rotatable bonds is 3. The first kappa shape index (κ1) is 13.6. The first-order valence-electron chi connectivity index (χ1n) is 5.92. The van der Waals surface area contributed by atoms with Gasteiger partial charge < -0.3 is 4.57 Å². The molecular formula is C13H9Cl3N4. The molecule has 4 nitrogen and oxygen atoms in total. The van der Waals surface area contributed by atoms with Crippen molar-refractivity contribution in [1.29, 1.82) is 0 Å². The van der Waals surface area contributed by atoms with Crippen molar-refractivity contribution in [2.45, 2.75) is 13.0 Å². The third-order valence-electron chi connectivity index (χ3n) is 2.96. The highest BCUT2D eigenvalue weighted by molar-refractivity contribution is 6.35. The lowest BCUT2D eigenvalue weighted by Crippen LogP contribution is -2.01. The molecular weight excluding hydrogens is 319 g/mol. The molecule has 1 aromatic carbocycles. The van der Waals surface area contributed by atoms with Crippen molar-refractivity contribution in [3.05, 3.63) is 51.6 Å². The molecule has 3 rings (SSSR count). The molecule has 0 unspecified atom stereocenters. The summed E-state index contributed by atoms with van der Waals surface area (Å²) in [6, 6.07) is 7.74. The predicted octanol–water partition coefficient (Wildman–Crippen LogP) is 4.03. The Morgan fingerprint density at radius 3 is 2.50 bits per heavy atom. The molecule has 0 spiro atoms. The van der Waals surface area contributed by atoms with Gasteiger partial charge in [-0.25, -0.2) is 9.97 Å². The number of fused-ring (bicyclic) bond motifs is 1. The highest BCUT2D eigenvalue weighted by Gasteiger charge is 2.11. The summed E-state index contributed by atoms with van der Waals surface area (Å²) in [6.07, 6.45) is 2.53. The molecule has 102 valence electrons. The van der Waals surface area contributed by atoms with E-state index in [1.807, 2.05) is 28.8 Å². The zero-order chi connectivity index (χ0) is 14.1. The summed E-state index contributed by atoms with van der Waals surface area (Å²) >= 11 is 17.7. The standard InChI is InChI=1S/C13H9Cl3N4/c14-9-3-1-8(2-4-9)5-6-20-7-17-12-10(20)11(15)18-13(16)19-12/h1-4,7H,5-6H2. The Hall–Kier alpha value is -1.36. The van der Waals surface area contributed by atoms with Gasteiger partial charge in [-0.2, -0.15) is 4.98 Å². The van der Waals surface area contributed by atoms with Crippen LogP contribution in [-0.2, 0) is 13.0 Å². The first-order chi connectivity index (χ1) is 9.63. The zero-order valence-corrected chi connectivity index (χ0v) is 12.5. The second kappa shape index (κ2) is 5.56. The summed E-state index contributed by atoms with van der Waals surface area (Å²) < 4.78 is 1.92. The molecule has 3 aromatic rings. The molecule has 0 bridgehead atoms. The van der Waals surface area contributed by atoms with Gasteiger partial charge in [-0.1, -0.05) is 35.3 Å². The minimum absolute atomic E-state index is 0.102. The van der Waals surface area contributed by atoms with Gasteiger partial charge in [-0.15, -0.1) is 0 Å². The summed E-state index contributed by atoms with van der Waals surface area (Å²) in [6.45, 7) is 0.725. The van der Waals surface area contributed by atoms with Crippen LogP contribution in [0.3, 0.4) is 0 Å². The lowest BCUT2D eigenvalue weighted by Gasteiger charge is -2.05. The number of hydrogen-bond donors (Lipinski definition) is 0. The Balaban J connectivity index is 1.86. The summed E-state index contributed by atoms with van der Waals surface area (Å²) in [7, 11) is 0. The van der Waals surface area contributed by atoms with Crippen LogP contribution < -0.4 is 0 Å². The van der Waals surface area contributed by atoms with Crippen LogP contribution in [0.15, 0.2) is 30.6 Å². The zero-order valence-electron chi connectivity index (χ0n) is 10.2. The lowest BCUT2D eigenvalue weighted by molar-refractivity contribution is 0.715. The predicted molar refractivity (Wildman–Crippen MR) is 80.5 cm³/mol. The van der Waals surface area contributed by atoms with Gasteiger partial charge in [0.2, 0.25) is 5.28 Å². The average molecular weight is 328 g/mol. The fourth-order valence-corrected chi connectivity index (χ4v) is 2.59. The third-order valence-corrected chi connectivity index (χ3v) is 3.64. The monoisotopic (exact) mass is 326 g/mol. The largest absolute Gasteiger partial charge is 0.326 e. The molecule has 0 aliphatic carbocycles. The maximum absolute atomic E-state index is 6.10. The molecule has 2 aromatic heterocycles. The van der Waals surface area contributed by atoms with Crippen molar-refractivity contribution < 1.29 is 0 Å². The van der Waals surface area contributed by atoms with Crippen LogP contribution in [0.5, 0.6) is 0 Å². The molecule has 7 heteroatoms. The quantitative estimate of drug-likeness (QED) is 0.539. The van der Waals surface area contributed by atoms with Gasteiger partial charge in [-0.05, 0) is 35.7 Å². The van der Waals surface area contributed by atoms with Crippen LogP contribution in [0.2, 0.25) is 15.5 Å². The Morgan fingerprint density at radius 1 is 1.00 bits per heavy atom. The summed E-state index contributed by atoms with van der Waals surface area (Å²) in [5, 5.41) is 1.15. The number of aryl methyl sites for hydroxylation is 2. The number of imidazole rings is 1. The first-order valence-corrected chi connectivity index (χ1v) is 7.05. The molecule has 0 N–H and O–H groups in total. The average Bonchev–Trinajstić information content (AvgIpc) is 2.81. The molecule has 2 heterocycles. The van der Waals surface area contributed by atoms with Gasteiger partial charge in [-0.3, -0.25) is 0 Å². The normalized spacial score (nSPS) is 11.2. The number of aromatic nitrogens is 4. The second-order valence-electron chi connectivity index (χ2n) is 4.27. The van der Waals surface area contributed by atoms with Crippen LogP contribution in [0, 0.1) is 0 Å². The maximum Gasteiger partial charge on any atom is 0.225 e. The molecule has 0 aliphatic heterocycles. The number of halogens is 3. The van der Waals surface area contributed by atoms with Crippen LogP contribution in [-0.4, -0.2) is 19.5 Å². The minimum atomic E-state index is 0.102. The fourth-order valence-electron chi connectivity index (χ4n) is 1.98. The molecule has 0 saturated carbocycles. The van der Waals surface area contributed by atoms with E-state index in [1.54, 1.807) is 6.33 Å². The Kier molecular flexibility index (Phi) is 3.78. The summed E-state index contributed by atoms with van der Waals surface area (Å²) in [4.78, 5) is 12.2. The van der Waals surface area contributed by atoms with E-state index in [-0.39, 0.29) is 5.28 Å². The molecule has 0 saturated heterocycles. The van der Waals surface area contributed by atoms with Crippen molar-refractivity contribution in [1.82, 2.24) is 19.5 Å². The van der Waals surface area contributed by atoms with E-state index in [2.05, 4.69) is 15.0 Å². The SMILES string of the molecule is Clc1ccc(CCn2cnc3nc(Cl)nc(Cl)c32)cc1. The second-order valence-corrected chi connectivity index (χ2v) is 5.40. The number of hydrogen-bond acceptors (Lipinski definition) is 3. The maximum atomic E-state index is 6.10. The van der Waals surface area contributed by atoms with Crippen molar-refractivity contribution in [3.63, 3.8) is 0 Å². The van der Waals surface area contributed by atoms with E-state index >= 15 is 0 Å². The number of benzene rings is 1. The van der Waals surface area contributed by atoms with Crippen LogP contribution in [0.1, 0.15) is 5.56 Å². The smallest absolute Gasteiger partial charge is 0.225 e. The van der Waals surface area contributed by atoms with Crippen molar-refractivity contribution in [3.8, 4) is 0 Å². The fraction of sp³-hybridized carbons (Fsp3) is 0.154. The van der Waals surface area contributed by atoms with Gasteiger partial charge in [0.25, 0.3) is 0 Å². The topological polar surface area (TPSA) is 43.6 Å². The molecule has 0 amide bonds. The van der Waals surface area contributed by atoms with Gasteiger partial charge in [0.05, 0.1) is 6.33 Å². The lowest BCUT2D eigenvalue weighted by atomic mass is 10.1. The highest BCUT2D eigenvalue weighted by atomic mass is 35.5. The van der Waals surface area contributed by atoms with E-state index in [0.29, 0.717) is 16.3 Å². The minimum Gasteiger partial charge on any atom is -0.326 e. The van der Waals surface area contributed by atoms with E-state index in [4.69, 9.17) is 34.8 Å². The van der Waals surface area contributed by atoms with Gasteiger partial charge in [0.15, 0.2) is 10.8 Å². The molecule has 0 atom stereocenters. The molecule has 0 aliphatic rings. The van der Waals surface area contributed by atoms with E-state index < -0.39 is 0 Å². The third kappa shape index (κ3) is 2.73. The summed E-state index contributed by atoms with van der Waals surface area (Å²) in [5.74, 6) is 0. The van der Waals surface area contributed by atoms with Gasteiger partial charge in [0.1, 0.15) is 5.52 Å². The highest BCUT2D eigenvalue weighted by Crippen LogP contribution is 2.21. The van der Waals surface area contributed by atoms with Crippen LogP contribution >= 0.6 is 34.8 Å². The van der Waals surface area contributed by atoms with E-state index in [9.17, 15) is 0 Å². The molecule has 0 fully saturated rings. The number of nitrogens with zero attached hydrogens (tertiary/aromatic N) is 4. The molecule has 20 heavy (non-hydrogen) atoms. The Morgan fingerprint density at radius 2 is 1.75 bits per heavy atom. The van der Waals surface area contributed by atoms with Crippen LogP contribution in [0.25, 0.3) is 11.2 Å². The summed E-state index contributed by atoms with van der Waals surface area (Å²) in [5.41, 5.74) is 2.39. The van der Waals surface area contributed by atoms with Crippen molar-refractivity contribution >= 4 is 46.0 Å². The van der Waals surface area contributed by atoms with Gasteiger partial charge in [0, 0.05) is 11.6 Å². The molecule has 0 radical (unpaired) electrons. The van der Waals surface area contributed by atoms with Crippen molar-refractivity contribution in [2.75, 3.05) is 0 Å². The van der Waals surface area contributed by atoms with E-state index in [1.165, 1.54) is 5.56 Å². The Bertz CT molecular complexity index is 752. The van der Waals surface area contributed by atoms with Gasteiger partial charge >= 0.3 is 0 Å². The Labute approximate surface area is 130 Å². The van der Waals surface area contributed by atoms with Crippen molar-refractivity contribution in [2.24, 2.45) is 0 Å². The van der Waals surface area contributed by atoms with E-state index in [0.717, 1.165) is 18.0 Å². The van der Waals surface area contributed by atoms with Crippen LogP contribution in [0.4, 0.5) is 0 Å².